The van der Waals surface area contributed by atoms with Crippen molar-refractivity contribution >= 4 is 45.1 Å². The van der Waals surface area contributed by atoms with Gasteiger partial charge in [0.05, 0.1) is 16.3 Å². The van der Waals surface area contributed by atoms with Gasteiger partial charge in [-0.05, 0) is 46.3 Å². The van der Waals surface area contributed by atoms with Crippen LogP contribution in [0.4, 0.5) is 0 Å². The van der Waals surface area contributed by atoms with Crippen LogP contribution in [0.1, 0.15) is 10.4 Å². The van der Waals surface area contributed by atoms with E-state index in [4.69, 9.17) is 28.3 Å². The van der Waals surface area contributed by atoms with Crippen LogP contribution in [-0.4, -0.2) is 16.1 Å². The van der Waals surface area contributed by atoms with Crippen molar-refractivity contribution in [2.45, 2.75) is 0 Å². The summed E-state index contributed by atoms with van der Waals surface area (Å²) >= 11 is 15.1. The molecule has 0 bridgehead atoms. The molecule has 0 atom stereocenters. The van der Waals surface area contributed by atoms with Crippen molar-refractivity contribution in [2.24, 2.45) is 0 Å². The molecule has 1 aromatic carbocycles. The summed E-state index contributed by atoms with van der Waals surface area (Å²) in [6, 6.07) is 7.81. The zero-order chi connectivity index (χ0) is 13.3. The largest absolute Gasteiger partial charge is 0.478 e. The normalized spacial score (nSPS) is 10.4. The van der Waals surface area contributed by atoms with E-state index in [1.807, 2.05) is 0 Å². The lowest BCUT2D eigenvalue weighted by Crippen LogP contribution is -1.98. The maximum absolute atomic E-state index is 11.0. The predicted molar refractivity (Wildman–Crippen MR) is 74.4 cm³/mol. The number of aromatic nitrogens is 1. The van der Waals surface area contributed by atoms with Crippen molar-refractivity contribution in [3.63, 3.8) is 0 Å². The summed E-state index contributed by atoms with van der Waals surface area (Å²) < 4.78 is 0.424. The van der Waals surface area contributed by atoms with Gasteiger partial charge in [0, 0.05) is 10.6 Å². The summed E-state index contributed by atoms with van der Waals surface area (Å²) in [6.07, 6.45) is 0. The number of pyridine rings is 1. The first-order chi connectivity index (χ1) is 8.47. The summed E-state index contributed by atoms with van der Waals surface area (Å²) in [5, 5.41) is 9.96. The average molecular weight is 347 g/mol. The number of carbonyl (C=O) groups is 1. The van der Waals surface area contributed by atoms with Gasteiger partial charge < -0.3 is 5.11 Å². The van der Waals surface area contributed by atoms with Crippen molar-refractivity contribution in [3.8, 4) is 11.3 Å². The highest BCUT2D eigenvalue weighted by Crippen LogP contribution is 2.30. The fourth-order valence-electron chi connectivity index (χ4n) is 1.45. The number of benzene rings is 1. The quantitative estimate of drug-likeness (QED) is 0.813. The van der Waals surface area contributed by atoms with Crippen LogP contribution in [0.5, 0.6) is 0 Å². The van der Waals surface area contributed by atoms with Crippen molar-refractivity contribution in [2.75, 3.05) is 0 Å². The number of rotatable bonds is 2. The van der Waals surface area contributed by atoms with Gasteiger partial charge in [-0.25, -0.2) is 9.78 Å². The Bertz CT molecular complexity index is 631. The Hall–Kier alpha value is -1.10. The molecule has 1 aromatic heterocycles. The second-order valence-electron chi connectivity index (χ2n) is 3.49. The van der Waals surface area contributed by atoms with Gasteiger partial charge in [-0.3, -0.25) is 0 Å². The molecule has 0 aliphatic heterocycles. The topological polar surface area (TPSA) is 50.2 Å². The Morgan fingerprint density at radius 2 is 1.94 bits per heavy atom. The van der Waals surface area contributed by atoms with Gasteiger partial charge in [-0.15, -0.1) is 0 Å². The van der Waals surface area contributed by atoms with Crippen molar-refractivity contribution in [1.82, 2.24) is 4.98 Å². The molecule has 1 heterocycles. The molecule has 0 spiro atoms. The maximum atomic E-state index is 11.0. The van der Waals surface area contributed by atoms with E-state index in [9.17, 15) is 4.79 Å². The van der Waals surface area contributed by atoms with Crippen LogP contribution >= 0.6 is 39.1 Å². The van der Waals surface area contributed by atoms with Crippen LogP contribution in [0.25, 0.3) is 11.3 Å². The van der Waals surface area contributed by atoms with Crippen LogP contribution < -0.4 is 0 Å². The lowest BCUT2D eigenvalue weighted by molar-refractivity contribution is 0.0696. The van der Waals surface area contributed by atoms with E-state index in [0.29, 0.717) is 25.9 Å². The SMILES string of the molecule is O=C(O)c1cc(Br)nc(-c2cc(Cl)ccc2Cl)c1. The van der Waals surface area contributed by atoms with Gasteiger partial charge in [-0.1, -0.05) is 23.2 Å². The molecule has 0 fully saturated rings. The van der Waals surface area contributed by atoms with Crippen LogP contribution in [0.15, 0.2) is 34.9 Å². The fraction of sp³-hybridized carbons (Fsp3) is 0. The third-order valence-corrected chi connectivity index (χ3v) is 3.22. The van der Waals surface area contributed by atoms with Crippen LogP contribution in [0.3, 0.4) is 0 Å². The zero-order valence-electron chi connectivity index (χ0n) is 8.82. The first-order valence-electron chi connectivity index (χ1n) is 4.83. The molecule has 92 valence electrons. The van der Waals surface area contributed by atoms with E-state index in [1.54, 1.807) is 18.2 Å². The molecule has 6 heteroatoms. The monoisotopic (exact) mass is 345 g/mol. The van der Waals surface area contributed by atoms with E-state index < -0.39 is 5.97 Å². The highest BCUT2D eigenvalue weighted by molar-refractivity contribution is 9.10. The highest BCUT2D eigenvalue weighted by atomic mass is 79.9. The first kappa shape index (κ1) is 13.3. The minimum absolute atomic E-state index is 0.128. The third kappa shape index (κ3) is 2.83. The van der Waals surface area contributed by atoms with Gasteiger partial charge in [0.1, 0.15) is 4.60 Å². The molecule has 0 saturated carbocycles. The number of halogens is 3. The molecule has 0 aliphatic rings. The van der Waals surface area contributed by atoms with Crippen molar-refractivity contribution < 1.29 is 9.90 Å². The first-order valence-corrected chi connectivity index (χ1v) is 6.38. The van der Waals surface area contributed by atoms with E-state index in [-0.39, 0.29) is 5.56 Å². The molecule has 0 aliphatic carbocycles. The number of hydrogen-bond acceptors (Lipinski definition) is 2. The van der Waals surface area contributed by atoms with Crippen LogP contribution in [0, 0.1) is 0 Å². The minimum Gasteiger partial charge on any atom is -0.478 e. The van der Waals surface area contributed by atoms with E-state index in [2.05, 4.69) is 20.9 Å². The van der Waals surface area contributed by atoms with Gasteiger partial charge in [0.15, 0.2) is 0 Å². The summed E-state index contributed by atoms with van der Waals surface area (Å²) in [5.74, 6) is -1.03. The van der Waals surface area contributed by atoms with Crippen LogP contribution in [0.2, 0.25) is 10.0 Å². The van der Waals surface area contributed by atoms with E-state index in [0.717, 1.165) is 0 Å². The smallest absolute Gasteiger partial charge is 0.335 e. The number of nitrogens with zero attached hydrogens (tertiary/aromatic N) is 1. The Labute approximate surface area is 122 Å². The molecule has 2 aromatic rings. The Morgan fingerprint density at radius 1 is 1.22 bits per heavy atom. The second-order valence-corrected chi connectivity index (χ2v) is 5.15. The molecule has 0 amide bonds. The summed E-state index contributed by atoms with van der Waals surface area (Å²) in [7, 11) is 0. The lowest BCUT2D eigenvalue weighted by atomic mass is 10.1. The average Bonchev–Trinajstić information content (AvgIpc) is 2.31. The summed E-state index contributed by atoms with van der Waals surface area (Å²) in [6.45, 7) is 0. The number of aromatic carboxylic acids is 1. The Morgan fingerprint density at radius 3 is 2.61 bits per heavy atom. The molecule has 0 saturated heterocycles. The third-order valence-electron chi connectivity index (χ3n) is 2.25. The maximum Gasteiger partial charge on any atom is 0.335 e. The van der Waals surface area contributed by atoms with Gasteiger partial charge in [-0.2, -0.15) is 0 Å². The molecule has 18 heavy (non-hydrogen) atoms. The Balaban J connectivity index is 2.63. The second kappa shape index (κ2) is 5.26. The summed E-state index contributed by atoms with van der Waals surface area (Å²) in [5.41, 5.74) is 1.17. The molecule has 2 rings (SSSR count). The zero-order valence-corrected chi connectivity index (χ0v) is 11.9. The number of carboxylic acid groups (broad SMARTS) is 1. The van der Waals surface area contributed by atoms with Gasteiger partial charge >= 0.3 is 5.97 Å². The van der Waals surface area contributed by atoms with E-state index in [1.165, 1.54) is 12.1 Å². The number of hydrogen-bond donors (Lipinski definition) is 1. The molecule has 1 N–H and O–H groups in total. The highest BCUT2D eigenvalue weighted by Gasteiger charge is 2.11. The summed E-state index contributed by atoms with van der Waals surface area (Å²) in [4.78, 5) is 15.2. The molecule has 0 unspecified atom stereocenters. The van der Waals surface area contributed by atoms with Gasteiger partial charge in [0.2, 0.25) is 0 Å². The molecular weight excluding hydrogens is 341 g/mol. The fourth-order valence-corrected chi connectivity index (χ4v) is 2.28. The Kier molecular flexibility index (Phi) is 3.90. The lowest BCUT2D eigenvalue weighted by Gasteiger charge is -2.06. The van der Waals surface area contributed by atoms with Crippen molar-refractivity contribution in [1.29, 1.82) is 0 Å². The molecular formula is C12H6BrCl2NO2. The predicted octanol–water partition coefficient (Wildman–Crippen LogP) is 4.52. The van der Waals surface area contributed by atoms with Crippen LogP contribution in [-0.2, 0) is 0 Å². The molecule has 0 radical (unpaired) electrons. The van der Waals surface area contributed by atoms with E-state index >= 15 is 0 Å². The van der Waals surface area contributed by atoms with Gasteiger partial charge in [0.25, 0.3) is 0 Å². The number of carboxylic acids is 1. The van der Waals surface area contributed by atoms with Crippen molar-refractivity contribution in [3.05, 3.63) is 50.5 Å². The standard InChI is InChI=1S/C12H6BrCl2NO2/c13-11-4-6(12(17)18)3-10(16-11)8-5-7(14)1-2-9(8)15/h1-5H,(H,17,18). The molecule has 3 nitrogen and oxygen atoms in total. The minimum atomic E-state index is -1.03.